The summed E-state index contributed by atoms with van der Waals surface area (Å²) in [7, 11) is 1.22. The van der Waals surface area contributed by atoms with Crippen LogP contribution in [0.4, 0.5) is 4.79 Å². The molecule has 0 unspecified atom stereocenters. The fourth-order valence-corrected chi connectivity index (χ4v) is 6.27. The van der Waals surface area contributed by atoms with Crippen molar-refractivity contribution in [2.45, 2.75) is 63.9 Å². The van der Waals surface area contributed by atoms with Crippen molar-refractivity contribution >= 4 is 17.9 Å². The Kier molecular flexibility index (Phi) is 11.3. The number of benzene rings is 3. The average molecular weight is 680 g/mol. The number of hydrazine groups is 1. The second-order valence-electron chi connectivity index (χ2n) is 13.8. The molecule has 0 saturated heterocycles. The Morgan fingerprint density at radius 1 is 0.940 bits per heavy atom. The normalized spacial score (nSPS) is 17.3. The molecule has 3 aromatic carbocycles. The number of ether oxygens (including phenoxy) is 1. The summed E-state index contributed by atoms with van der Waals surface area (Å²) in [6, 6.07) is 28.1. The number of aliphatic hydroxyl groups excluding tert-OH is 1. The van der Waals surface area contributed by atoms with Crippen LogP contribution >= 0.6 is 0 Å². The Morgan fingerprint density at radius 2 is 1.64 bits per heavy atom. The number of nitrogens with zero attached hydrogens (tertiary/aromatic N) is 2. The molecule has 4 aromatic rings. The Labute approximate surface area is 292 Å². The van der Waals surface area contributed by atoms with E-state index in [4.69, 9.17) is 4.74 Å². The van der Waals surface area contributed by atoms with Crippen molar-refractivity contribution in [3.05, 3.63) is 126 Å². The third-order valence-corrected chi connectivity index (χ3v) is 8.81. The number of carbonyl (C=O) groups is 3. The zero-order chi connectivity index (χ0) is 35.9. The van der Waals surface area contributed by atoms with Gasteiger partial charge in [-0.25, -0.2) is 9.80 Å². The molecule has 1 aliphatic rings. The molecule has 11 nitrogen and oxygen atoms in total. The van der Waals surface area contributed by atoms with E-state index in [2.05, 4.69) is 21.0 Å². The van der Waals surface area contributed by atoms with Gasteiger partial charge in [0, 0.05) is 31.1 Å². The number of amides is 3. The smallest absolute Gasteiger partial charge is 0.407 e. The first-order valence-corrected chi connectivity index (χ1v) is 16.6. The van der Waals surface area contributed by atoms with Gasteiger partial charge in [-0.1, -0.05) is 99.6 Å². The molecule has 0 aliphatic heterocycles. The summed E-state index contributed by atoms with van der Waals surface area (Å²) in [4.78, 5) is 45.0. The lowest BCUT2D eigenvalue weighted by molar-refractivity contribution is -0.147. The number of fused-ring (bicyclic) bond motifs is 1. The van der Waals surface area contributed by atoms with Gasteiger partial charge < -0.3 is 25.6 Å². The summed E-state index contributed by atoms with van der Waals surface area (Å²) in [6.07, 6.45) is 0.337. The SMILES string of the molecule is COC(=O)N[C@H](C(=O)NN(Cc1cccc(-c2ccccn2)c1)C[C@@](O)(Cc1ccccc1)C(=O)N[C@H]1c2ccccc2C[C@H]1O)C(C)(C)C. The van der Waals surface area contributed by atoms with Crippen LogP contribution in [0, 0.1) is 5.41 Å². The second kappa shape index (κ2) is 15.6. The first-order valence-electron chi connectivity index (χ1n) is 16.6. The molecule has 1 aromatic heterocycles. The third kappa shape index (κ3) is 8.92. The van der Waals surface area contributed by atoms with Crippen LogP contribution in [0.25, 0.3) is 11.3 Å². The predicted octanol–water partition coefficient (Wildman–Crippen LogP) is 4.10. The van der Waals surface area contributed by atoms with Crippen molar-refractivity contribution in [3.8, 4) is 11.3 Å². The van der Waals surface area contributed by atoms with Crippen LogP contribution in [0.1, 0.15) is 49.1 Å². The standard InChI is InChI=1S/C39H45N5O6/c1-38(2,3)34(42-37(48)50-4)35(46)43-44(24-27-15-12-17-29(21-27)31-19-10-11-20-40-31)25-39(49,23-26-13-6-5-7-14-26)36(47)41-33-30-18-9-8-16-28(30)22-32(33)45/h5-21,32-34,45,49H,22-25H2,1-4H3,(H,41,47)(H,42,48)(H,43,46)/t32-,33+,34-,39+/m1/s1. The number of aromatic nitrogens is 1. The molecular weight excluding hydrogens is 634 g/mol. The van der Waals surface area contributed by atoms with Crippen molar-refractivity contribution in [2.24, 2.45) is 5.41 Å². The minimum atomic E-state index is -2.09. The van der Waals surface area contributed by atoms with Gasteiger partial charge in [0.15, 0.2) is 5.60 Å². The number of hydrogen-bond donors (Lipinski definition) is 5. The van der Waals surface area contributed by atoms with E-state index in [-0.39, 0.29) is 19.5 Å². The van der Waals surface area contributed by atoms with Crippen LogP contribution in [0.5, 0.6) is 0 Å². The van der Waals surface area contributed by atoms with E-state index < -0.39 is 47.1 Å². The Morgan fingerprint density at radius 3 is 2.34 bits per heavy atom. The molecule has 11 heteroatoms. The van der Waals surface area contributed by atoms with Crippen molar-refractivity contribution in [1.82, 2.24) is 26.1 Å². The van der Waals surface area contributed by atoms with E-state index in [0.717, 1.165) is 27.9 Å². The number of rotatable bonds is 12. The molecule has 0 spiro atoms. The van der Waals surface area contributed by atoms with Crippen LogP contribution in [-0.2, 0) is 33.7 Å². The van der Waals surface area contributed by atoms with E-state index in [1.807, 2.05) is 97.1 Å². The van der Waals surface area contributed by atoms with E-state index in [0.29, 0.717) is 12.0 Å². The van der Waals surface area contributed by atoms with Gasteiger partial charge in [0.25, 0.3) is 11.8 Å². The van der Waals surface area contributed by atoms with Crippen LogP contribution in [0.2, 0.25) is 0 Å². The van der Waals surface area contributed by atoms with Crippen LogP contribution in [0.15, 0.2) is 103 Å². The average Bonchev–Trinajstić information content (AvgIpc) is 3.41. The first kappa shape index (κ1) is 36.2. The molecule has 1 heterocycles. The molecule has 0 radical (unpaired) electrons. The highest BCUT2D eigenvalue weighted by Gasteiger charge is 2.43. The van der Waals surface area contributed by atoms with Crippen molar-refractivity contribution in [1.29, 1.82) is 0 Å². The topological polar surface area (TPSA) is 153 Å². The highest BCUT2D eigenvalue weighted by Crippen LogP contribution is 2.32. The maximum atomic E-state index is 14.3. The molecule has 0 bridgehead atoms. The minimum absolute atomic E-state index is 0.0841. The maximum Gasteiger partial charge on any atom is 0.407 e. The number of aliphatic hydroxyl groups is 2. The van der Waals surface area contributed by atoms with Gasteiger partial charge in [-0.05, 0) is 45.9 Å². The van der Waals surface area contributed by atoms with Crippen LogP contribution in [0.3, 0.4) is 0 Å². The lowest BCUT2D eigenvalue weighted by Crippen LogP contribution is -2.62. The maximum absolute atomic E-state index is 14.3. The third-order valence-electron chi connectivity index (χ3n) is 8.81. The summed E-state index contributed by atoms with van der Waals surface area (Å²) in [6.45, 7) is 5.15. The summed E-state index contributed by atoms with van der Waals surface area (Å²) >= 11 is 0. The zero-order valence-electron chi connectivity index (χ0n) is 28.8. The molecule has 5 rings (SSSR count). The Hall–Kier alpha value is -5.10. The molecule has 3 amide bonds. The minimum Gasteiger partial charge on any atom is -0.453 e. The zero-order valence-corrected chi connectivity index (χ0v) is 28.8. The van der Waals surface area contributed by atoms with Crippen molar-refractivity contribution < 1.29 is 29.3 Å². The number of pyridine rings is 1. The van der Waals surface area contributed by atoms with Gasteiger partial charge in [0.1, 0.15) is 6.04 Å². The second-order valence-corrected chi connectivity index (χ2v) is 13.8. The number of nitrogens with one attached hydrogen (secondary N) is 3. The summed E-state index contributed by atoms with van der Waals surface area (Å²) in [5.74, 6) is -1.27. The predicted molar refractivity (Wildman–Crippen MR) is 189 cm³/mol. The molecule has 0 saturated carbocycles. The molecule has 262 valence electrons. The van der Waals surface area contributed by atoms with Crippen molar-refractivity contribution in [2.75, 3.05) is 13.7 Å². The van der Waals surface area contributed by atoms with E-state index in [1.165, 1.54) is 12.1 Å². The molecule has 5 N–H and O–H groups in total. The Bertz CT molecular complexity index is 1780. The van der Waals surface area contributed by atoms with Crippen LogP contribution < -0.4 is 16.1 Å². The molecule has 50 heavy (non-hydrogen) atoms. The summed E-state index contributed by atoms with van der Waals surface area (Å²) in [5.41, 5.74) is 4.86. The fourth-order valence-electron chi connectivity index (χ4n) is 6.27. The lowest BCUT2D eigenvalue weighted by Gasteiger charge is -2.37. The van der Waals surface area contributed by atoms with Gasteiger partial charge in [-0.15, -0.1) is 0 Å². The van der Waals surface area contributed by atoms with Gasteiger partial charge in [0.05, 0.1) is 31.5 Å². The fraction of sp³-hybridized carbons (Fsp3) is 0.333. The summed E-state index contributed by atoms with van der Waals surface area (Å²) < 4.78 is 4.79. The van der Waals surface area contributed by atoms with E-state index >= 15 is 0 Å². The highest BCUT2D eigenvalue weighted by atomic mass is 16.5. The van der Waals surface area contributed by atoms with Gasteiger partial charge in [-0.2, -0.15) is 0 Å². The lowest BCUT2D eigenvalue weighted by atomic mass is 9.86. The number of hydrogen-bond acceptors (Lipinski definition) is 8. The molecular formula is C39H45N5O6. The molecule has 4 atom stereocenters. The molecule has 1 aliphatic carbocycles. The summed E-state index contributed by atoms with van der Waals surface area (Å²) in [5, 5.41) is 30.4. The highest BCUT2D eigenvalue weighted by molar-refractivity contribution is 5.87. The largest absolute Gasteiger partial charge is 0.453 e. The van der Waals surface area contributed by atoms with E-state index in [9.17, 15) is 24.6 Å². The number of alkyl carbamates (subject to hydrolysis) is 1. The number of methoxy groups -OCH3 is 1. The van der Waals surface area contributed by atoms with Gasteiger partial charge >= 0.3 is 6.09 Å². The van der Waals surface area contributed by atoms with Gasteiger partial charge in [-0.3, -0.25) is 20.0 Å². The monoisotopic (exact) mass is 679 g/mol. The number of carbonyl (C=O) groups excluding carboxylic acids is 3. The Balaban J connectivity index is 1.50. The van der Waals surface area contributed by atoms with Gasteiger partial charge in [0.2, 0.25) is 0 Å². The van der Waals surface area contributed by atoms with Crippen LogP contribution in [-0.4, -0.2) is 69.5 Å². The van der Waals surface area contributed by atoms with E-state index in [1.54, 1.807) is 27.0 Å². The quantitative estimate of drug-likeness (QED) is 0.140. The molecule has 0 fully saturated rings. The first-order chi connectivity index (χ1) is 23.9. The van der Waals surface area contributed by atoms with Crippen molar-refractivity contribution in [3.63, 3.8) is 0 Å².